The summed E-state index contributed by atoms with van der Waals surface area (Å²) in [4.78, 5) is 4.05. The molecular formula is C21H29NO3S2. The first kappa shape index (κ1) is 20.5. The molecule has 0 bridgehead atoms. The van der Waals surface area contributed by atoms with Gasteiger partial charge in [0.1, 0.15) is 0 Å². The van der Waals surface area contributed by atoms with E-state index in [0.29, 0.717) is 5.92 Å². The lowest BCUT2D eigenvalue weighted by atomic mass is 9.85. The second-order valence-electron chi connectivity index (χ2n) is 7.23. The van der Waals surface area contributed by atoms with Crippen molar-refractivity contribution in [2.75, 3.05) is 26.2 Å². The molecule has 148 valence electrons. The third kappa shape index (κ3) is 5.64. The summed E-state index contributed by atoms with van der Waals surface area (Å²) in [5, 5.41) is 2.10. The summed E-state index contributed by atoms with van der Waals surface area (Å²) in [6.07, 6.45) is 4.73. The Morgan fingerprint density at radius 3 is 2.67 bits per heavy atom. The number of benzene rings is 1. The Hall–Kier alpha value is -1.21. The van der Waals surface area contributed by atoms with Gasteiger partial charge in [-0.1, -0.05) is 44.0 Å². The summed E-state index contributed by atoms with van der Waals surface area (Å²) >= 11 is 1.76. The lowest BCUT2D eigenvalue weighted by Gasteiger charge is -2.38. The fourth-order valence-electron chi connectivity index (χ4n) is 3.77. The monoisotopic (exact) mass is 407 g/mol. The predicted octanol–water partition coefficient (Wildman–Crippen LogP) is 4.75. The smallest absolute Gasteiger partial charge is 0.296 e. The summed E-state index contributed by atoms with van der Waals surface area (Å²) in [6, 6.07) is 12.7. The zero-order valence-electron chi connectivity index (χ0n) is 15.9. The molecule has 0 N–H and O–H groups in total. The molecule has 1 fully saturated rings. The van der Waals surface area contributed by atoms with Crippen LogP contribution in [0.25, 0.3) is 0 Å². The predicted molar refractivity (Wildman–Crippen MR) is 111 cm³/mol. The SMILES string of the molecule is CCCCCN1CCC(c2cccs2)C(COS(=O)(=O)c2ccccc2)C1. The van der Waals surface area contributed by atoms with Gasteiger partial charge in [0.15, 0.2) is 0 Å². The van der Waals surface area contributed by atoms with E-state index in [1.165, 1.54) is 24.1 Å². The summed E-state index contributed by atoms with van der Waals surface area (Å²) in [5.41, 5.74) is 0. The maximum Gasteiger partial charge on any atom is 0.296 e. The minimum absolute atomic E-state index is 0.192. The lowest BCUT2D eigenvalue weighted by Crippen LogP contribution is -2.41. The van der Waals surface area contributed by atoms with Crippen LogP contribution in [0, 0.1) is 5.92 Å². The molecule has 27 heavy (non-hydrogen) atoms. The standard InChI is InChI=1S/C21H29NO3S2/c1-2-3-7-13-22-14-12-20(21-11-8-15-26-21)18(16-22)17-25-27(23,24)19-9-5-4-6-10-19/h4-6,8-11,15,18,20H,2-3,7,12-14,16-17H2,1H3. The molecule has 2 aromatic rings. The van der Waals surface area contributed by atoms with Crippen molar-refractivity contribution in [2.24, 2.45) is 5.92 Å². The van der Waals surface area contributed by atoms with Crippen LogP contribution in [-0.4, -0.2) is 39.6 Å². The molecule has 0 saturated carbocycles. The van der Waals surface area contributed by atoms with E-state index >= 15 is 0 Å². The molecule has 0 amide bonds. The highest BCUT2D eigenvalue weighted by Gasteiger charge is 2.32. The molecule has 0 spiro atoms. The van der Waals surface area contributed by atoms with Gasteiger partial charge in [-0.3, -0.25) is 4.18 Å². The Balaban J connectivity index is 1.67. The van der Waals surface area contributed by atoms with Gasteiger partial charge in [-0.2, -0.15) is 8.42 Å². The number of likely N-dealkylation sites (tertiary alicyclic amines) is 1. The lowest BCUT2D eigenvalue weighted by molar-refractivity contribution is 0.113. The minimum atomic E-state index is -3.71. The van der Waals surface area contributed by atoms with Gasteiger partial charge in [0.2, 0.25) is 0 Å². The third-order valence-electron chi connectivity index (χ3n) is 5.27. The molecule has 0 aliphatic carbocycles. The Morgan fingerprint density at radius 2 is 1.96 bits per heavy atom. The van der Waals surface area contributed by atoms with Crippen LogP contribution in [-0.2, 0) is 14.3 Å². The number of piperidine rings is 1. The van der Waals surface area contributed by atoms with E-state index in [2.05, 4.69) is 29.3 Å². The van der Waals surface area contributed by atoms with E-state index in [9.17, 15) is 8.42 Å². The van der Waals surface area contributed by atoms with Gasteiger partial charge in [-0.15, -0.1) is 11.3 Å². The highest BCUT2D eigenvalue weighted by molar-refractivity contribution is 7.86. The van der Waals surface area contributed by atoms with Gasteiger partial charge in [-0.05, 0) is 49.5 Å². The molecule has 3 rings (SSSR count). The van der Waals surface area contributed by atoms with Crippen molar-refractivity contribution >= 4 is 21.5 Å². The van der Waals surface area contributed by atoms with Gasteiger partial charge in [0, 0.05) is 23.3 Å². The number of nitrogens with zero attached hydrogens (tertiary/aromatic N) is 1. The van der Waals surface area contributed by atoms with Crippen LogP contribution >= 0.6 is 11.3 Å². The van der Waals surface area contributed by atoms with Crippen LogP contribution in [0.15, 0.2) is 52.7 Å². The highest BCUT2D eigenvalue weighted by Crippen LogP contribution is 2.36. The molecular weight excluding hydrogens is 378 g/mol. The average molecular weight is 408 g/mol. The van der Waals surface area contributed by atoms with Crippen molar-refractivity contribution in [2.45, 2.75) is 43.4 Å². The topological polar surface area (TPSA) is 46.6 Å². The molecule has 0 radical (unpaired) electrons. The van der Waals surface area contributed by atoms with Crippen LogP contribution in [0.1, 0.15) is 43.4 Å². The quantitative estimate of drug-likeness (QED) is 0.445. The molecule has 1 aromatic carbocycles. The van der Waals surface area contributed by atoms with E-state index in [1.807, 2.05) is 0 Å². The molecule has 6 heteroatoms. The summed E-state index contributed by atoms with van der Waals surface area (Å²) in [5.74, 6) is 0.566. The van der Waals surface area contributed by atoms with Crippen molar-refractivity contribution in [1.82, 2.24) is 4.90 Å². The number of rotatable bonds is 9. The third-order valence-corrected chi connectivity index (χ3v) is 7.57. The molecule has 1 aliphatic heterocycles. The van der Waals surface area contributed by atoms with Gasteiger partial charge in [0.05, 0.1) is 11.5 Å². The Bertz CT molecular complexity index is 775. The maximum atomic E-state index is 12.5. The zero-order valence-corrected chi connectivity index (χ0v) is 17.6. The second kappa shape index (κ2) is 9.82. The van der Waals surface area contributed by atoms with Crippen LogP contribution in [0.3, 0.4) is 0 Å². The Kier molecular flexibility index (Phi) is 7.47. The normalized spacial score (nSPS) is 21.4. The van der Waals surface area contributed by atoms with Crippen LogP contribution in [0.5, 0.6) is 0 Å². The molecule has 1 aliphatic rings. The highest BCUT2D eigenvalue weighted by atomic mass is 32.2. The van der Waals surface area contributed by atoms with Gasteiger partial charge in [-0.25, -0.2) is 0 Å². The van der Waals surface area contributed by atoms with E-state index in [1.54, 1.807) is 41.7 Å². The first-order chi connectivity index (χ1) is 13.1. The number of hydrogen-bond acceptors (Lipinski definition) is 5. The Morgan fingerprint density at radius 1 is 1.15 bits per heavy atom. The molecule has 2 unspecified atom stereocenters. The number of unbranched alkanes of at least 4 members (excludes halogenated alkanes) is 2. The van der Waals surface area contributed by atoms with Crippen LogP contribution in [0.2, 0.25) is 0 Å². The van der Waals surface area contributed by atoms with Crippen molar-refractivity contribution < 1.29 is 12.6 Å². The van der Waals surface area contributed by atoms with E-state index in [0.717, 1.165) is 26.1 Å². The summed E-state index contributed by atoms with van der Waals surface area (Å²) < 4.78 is 30.6. The first-order valence-corrected chi connectivity index (χ1v) is 12.1. The van der Waals surface area contributed by atoms with Crippen molar-refractivity contribution in [3.05, 3.63) is 52.7 Å². The summed E-state index contributed by atoms with van der Waals surface area (Å²) in [7, 11) is -3.71. The van der Waals surface area contributed by atoms with Gasteiger partial charge in [0.25, 0.3) is 10.1 Å². The molecule has 1 saturated heterocycles. The Labute approximate surface area is 167 Å². The summed E-state index contributed by atoms with van der Waals surface area (Å²) in [6.45, 7) is 5.52. The van der Waals surface area contributed by atoms with E-state index < -0.39 is 10.1 Å². The molecule has 1 aromatic heterocycles. The second-order valence-corrected chi connectivity index (χ2v) is 9.82. The van der Waals surface area contributed by atoms with Gasteiger partial charge < -0.3 is 4.90 Å². The minimum Gasteiger partial charge on any atom is -0.303 e. The van der Waals surface area contributed by atoms with Crippen LogP contribution < -0.4 is 0 Å². The number of thiophene rings is 1. The largest absolute Gasteiger partial charge is 0.303 e. The van der Waals surface area contributed by atoms with E-state index in [-0.39, 0.29) is 17.4 Å². The fourth-order valence-corrected chi connectivity index (χ4v) is 5.71. The zero-order chi connectivity index (χ0) is 19.1. The molecule has 2 heterocycles. The van der Waals surface area contributed by atoms with E-state index in [4.69, 9.17) is 4.18 Å². The maximum absolute atomic E-state index is 12.5. The van der Waals surface area contributed by atoms with Crippen molar-refractivity contribution in [3.8, 4) is 0 Å². The van der Waals surface area contributed by atoms with Gasteiger partial charge >= 0.3 is 0 Å². The fraction of sp³-hybridized carbons (Fsp3) is 0.524. The van der Waals surface area contributed by atoms with Crippen LogP contribution in [0.4, 0.5) is 0 Å². The molecule has 4 nitrogen and oxygen atoms in total. The van der Waals surface area contributed by atoms with Crippen molar-refractivity contribution in [3.63, 3.8) is 0 Å². The number of hydrogen-bond donors (Lipinski definition) is 0. The average Bonchev–Trinajstić information content (AvgIpc) is 3.22. The first-order valence-electron chi connectivity index (χ1n) is 9.80. The van der Waals surface area contributed by atoms with Crippen molar-refractivity contribution in [1.29, 1.82) is 0 Å². The molecule has 2 atom stereocenters.